The molecule has 0 aliphatic heterocycles. The van der Waals surface area contributed by atoms with Crippen LogP contribution in [0, 0.1) is 11.3 Å². The first kappa shape index (κ1) is 14.9. The number of hydrogen-bond acceptors (Lipinski definition) is 4. The minimum absolute atomic E-state index is 0.0407. The number of nitrogens with zero attached hydrogens (tertiary/aromatic N) is 1. The average Bonchev–Trinajstić information content (AvgIpc) is 2.47. The van der Waals surface area contributed by atoms with Crippen LogP contribution in [-0.4, -0.2) is 8.42 Å². The second-order valence-electron chi connectivity index (χ2n) is 4.52. The molecule has 0 saturated heterocycles. The van der Waals surface area contributed by atoms with Gasteiger partial charge in [-0.3, -0.25) is 4.72 Å². The van der Waals surface area contributed by atoms with Gasteiger partial charge in [0.2, 0.25) is 0 Å². The fraction of sp³-hybridized carbons (Fsp3) is 0.133. The third kappa shape index (κ3) is 3.33. The molecule has 21 heavy (non-hydrogen) atoms. The number of nitrogens with two attached hydrogens (primary N) is 1. The summed E-state index contributed by atoms with van der Waals surface area (Å²) in [6.07, 6.45) is 0.885. The summed E-state index contributed by atoms with van der Waals surface area (Å²) in [7, 11) is -3.77. The number of aryl methyl sites for hydroxylation is 1. The number of benzene rings is 2. The lowest BCUT2D eigenvalue weighted by molar-refractivity contribution is 0.601. The summed E-state index contributed by atoms with van der Waals surface area (Å²) in [5.74, 6) is 0. The first-order valence-corrected chi connectivity index (χ1v) is 7.86. The number of anilines is 2. The van der Waals surface area contributed by atoms with E-state index in [0.717, 1.165) is 12.0 Å². The number of hydrogen-bond donors (Lipinski definition) is 2. The van der Waals surface area contributed by atoms with Crippen LogP contribution in [-0.2, 0) is 16.4 Å². The second-order valence-corrected chi connectivity index (χ2v) is 6.17. The molecule has 108 valence electrons. The molecular weight excluding hydrogens is 286 g/mol. The lowest BCUT2D eigenvalue weighted by Gasteiger charge is -2.10. The monoisotopic (exact) mass is 301 g/mol. The highest BCUT2D eigenvalue weighted by atomic mass is 32.2. The van der Waals surface area contributed by atoms with Crippen molar-refractivity contribution in [3.8, 4) is 6.07 Å². The van der Waals surface area contributed by atoms with Gasteiger partial charge in [-0.1, -0.05) is 19.1 Å². The summed E-state index contributed by atoms with van der Waals surface area (Å²) in [4.78, 5) is -0.0407. The van der Waals surface area contributed by atoms with Gasteiger partial charge in [0, 0.05) is 5.69 Å². The van der Waals surface area contributed by atoms with Gasteiger partial charge < -0.3 is 5.73 Å². The van der Waals surface area contributed by atoms with Crippen molar-refractivity contribution in [1.82, 2.24) is 0 Å². The van der Waals surface area contributed by atoms with E-state index < -0.39 is 10.0 Å². The molecule has 0 aromatic heterocycles. The van der Waals surface area contributed by atoms with Crippen LogP contribution in [0.15, 0.2) is 47.4 Å². The van der Waals surface area contributed by atoms with E-state index in [0.29, 0.717) is 11.3 Å². The number of nitrogens with one attached hydrogen (secondary N) is 1. The Morgan fingerprint density at radius 2 is 1.86 bits per heavy atom. The molecule has 0 aliphatic carbocycles. The van der Waals surface area contributed by atoms with Crippen molar-refractivity contribution in [3.05, 3.63) is 53.6 Å². The van der Waals surface area contributed by atoms with Crippen LogP contribution >= 0.6 is 0 Å². The van der Waals surface area contributed by atoms with E-state index >= 15 is 0 Å². The Morgan fingerprint density at radius 3 is 2.38 bits per heavy atom. The molecule has 0 unspecified atom stereocenters. The van der Waals surface area contributed by atoms with Crippen LogP contribution in [0.4, 0.5) is 11.4 Å². The molecule has 0 aliphatic rings. The van der Waals surface area contributed by atoms with Gasteiger partial charge >= 0.3 is 0 Å². The van der Waals surface area contributed by atoms with Crippen LogP contribution in [0.25, 0.3) is 0 Å². The number of sulfonamides is 1. The second kappa shape index (κ2) is 5.85. The zero-order chi connectivity index (χ0) is 15.5. The van der Waals surface area contributed by atoms with E-state index in [1.807, 2.05) is 25.1 Å². The summed E-state index contributed by atoms with van der Waals surface area (Å²) in [6.45, 7) is 2.02. The molecule has 6 heteroatoms. The maximum Gasteiger partial charge on any atom is 0.263 e. The normalized spacial score (nSPS) is 10.9. The summed E-state index contributed by atoms with van der Waals surface area (Å²) in [5, 5.41) is 8.77. The first-order valence-electron chi connectivity index (χ1n) is 6.37. The molecule has 0 saturated carbocycles. The highest BCUT2D eigenvalue weighted by Gasteiger charge is 2.17. The van der Waals surface area contributed by atoms with Gasteiger partial charge in [-0.15, -0.1) is 0 Å². The third-order valence-corrected chi connectivity index (χ3v) is 4.50. The summed E-state index contributed by atoms with van der Waals surface area (Å²) < 4.78 is 27.1. The fourth-order valence-corrected chi connectivity index (χ4v) is 3.05. The molecule has 0 atom stereocenters. The topological polar surface area (TPSA) is 96.0 Å². The fourth-order valence-electron chi connectivity index (χ4n) is 1.88. The zero-order valence-corrected chi connectivity index (χ0v) is 12.3. The van der Waals surface area contributed by atoms with E-state index in [4.69, 9.17) is 11.0 Å². The molecule has 0 fully saturated rings. The van der Waals surface area contributed by atoms with Crippen LogP contribution < -0.4 is 10.5 Å². The number of nitriles is 1. The SMILES string of the molecule is CCc1ccc(NS(=O)(=O)c2ccc(C#N)cc2N)cc1. The Hall–Kier alpha value is -2.52. The van der Waals surface area contributed by atoms with Crippen molar-refractivity contribution in [3.63, 3.8) is 0 Å². The molecule has 3 N–H and O–H groups in total. The van der Waals surface area contributed by atoms with Gasteiger partial charge in [-0.05, 0) is 42.3 Å². The third-order valence-electron chi connectivity index (χ3n) is 3.04. The summed E-state index contributed by atoms with van der Waals surface area (Å²) in [6, 6.07) is 13.1. The Balaban J connectivity index is 2.31. The molecule has 2 aromatic rings. The van der Waals surface area contributed by atoms with Gasteiger partial charge in [-0.2, -0.15) is 5.26 Å². The van der Waals surface area contributed by atoms with Gasteiger partial charge in [-0.25, -0.2) is 8.42 Å². The zero-order valence-electron chi connectivity index (χ0n) is 11.5. The Morgan fingerprint density at radius 1 is 1.19 bits per heavy atom. The summed E-state index contributed by atoms with van der Waals surface area (Å²) in [5.41, 5.74) is 7.67. The molecule has 0 heterocycles. The van der Waals surface area contributed by atoms with Crippen LogP contribution in [0.5, 0.6) is 0 Å². The first-order chi connectivity index (χ1) is 9.96. The predicted octanol–water partition coefficient (Wildman–Crippen LogP) is 2.50. The molecule has 0 radical (unpaired) electrons. The molecule has 0 amide bonds. The lowest BCUT2D eigenvalue weighted by atomic mass is 10.2. The van der Waals surface area contributed by atoms with Crippen molar-refractivity contribution < 1.29 is 8.42 Å². The predicted molar refractivity (Wildman–Crippen MR) is 82.2 cm³/mol. The van der Waals surface area contributed by atoms with E-state index in [2.05, 4.69) is 4.72 Å². The molecule has 2 aromatic carbocycles. The van der Waals surface area contributed by atoms with E-state index in [-0.39, 0.29) is 10.6 Å². The average molecular weight is 301 g/mol. The maximum absolute atomic E-state index is 12.3. The van der Waals surface area contributed by atoms with Crippen molar-refractivity contribution in [2.45, 2.75) is 18.2 Å². The quantitative estimate of drug-likeness (QED) is 0.848. The Labute approximate surface area is 124 Å². The van der Waals surface area contributed by atoms with Crippen molar-refractivity contribution in [2.24, 2.45) is 0 Å². The minimum Gasteiger partial charge on any atom is -0.398 e. The molecule has 2 rings (SSSR count). The largest absolute Gasteiger partial charge is 0.398 e. The van der Waals surface area contributed by atoms with Gasteiger partial charge in [0.25, 0.3) is 10.0 Å². The summed E-state index contributed by atoms with van der Waals surface area (Å²) >= 11 is 0. The number of rotatable bonds is 4. The van der Waals surface area contributed by atoms with Crippen molar-refractivity contribution >= 4 is 21.4 Å². The maximum atomic E-state index is 12.3. The highest BCUT2D eigenvalue weighted by Crippen LogP contribution is 2.22. The highest BCUT2D eigenvalue weighted by molar-refractivity contribution is 7.92. The van der Waals surface area contributed by atoms with Crippen molar-refractivity contribution in [1.29, 1.82) is 5.26 Å². The Bertz CT molecular complexity index is 791. The van der Waals surface area contributed by atoms with Crippen LogP contribution in [0.1, 0.15) is 18.1 Å². The van der Waals surface area contributed by atoms with E-state index in [9.17, 15) is 8.42 Å². The minimum atomic E-state index is -3.77. The van der Waals surface area contributed by atoms with Gasteiger partial charge in [0.15, 0.2) is 0 Å². The van der Waals surface area contributed by atoms with Gasteiger partial charge in [0.05, 0.1) is 17.3 Å². The smallest absolute Gasteiger partial charge is 0.263 e. The Kier molecular flexibility index (Phi) is 4.15. The molecule has 0 bridgehead atoms. The molecular formula is C15H15N3O2S. The lowest BCUT2D eigenvalue weighted by Crippen LogP contribution is -2.14. The van der Waals surface area contributed by atoms with Gasteiger partial charge in [0.1, 0.15) is 4.90 Å². The van der Waals surface area contributed by atoms with E-state index in [1.165, 1.54) is 18.2 Å². The van der Waals surface area contributed by atoms with Crippen LogP contribution in [0.2, 0.25) is 0 Å². The number of nitrogen functional groups attached to an aromatic ring is 1. The van der Waals surface area contributed by atoms with Crippen LogP contribution in [0.3, 0.4) is 0 Å². The molecule has 5 nitrogen and oxygen atoms in total. The standard InChI is InChI=1S/C15H15N3O2S/c1-2-11-3-6-13(7-4-11)18-21(19,20)15-8-5-12(10-16)9-14(15)17/h3-9,18H,2,17H2,1H3. The molecule has 0 spiro atoms. The van der Waals surface area contributed by atoms with Crippen molar-refractivity contribution in [2.75, 3.05) is 10.5 Å². The van der Waals surface area contributed by atoms with E-state index in [1.54, 1.807) is 12.1 Å².